The van der Waals surface area contributed by atoms with E-state index in [0.717, 1.165) is 31.6 Å². The average molecular weight is 281 g/mol. The third-order valence-electron chi connectivity index (χ3n) is 3.70. The topological polar surface area (TPSA) is 56.6 Å². The zero-order valence-corrected chi connectivity index (χ0v) is 12.5. The molecule has 0 saturated carbocycles. The molecule has 1 aromatic heterocycles. The smallest absolute Gasteiger partial charge is 0.274 e. The molecule has 2 rings (SSSR count). The number of amides is 1. The van der Waals surface area contributed by atoms with Crippen molar-refractivity contribution in [3.05, 3.63) is 17.5 Å². The SMILES string of the molecule is COCCOC1CCN(C(=O)c2cc(C)n(C)n2)CC1. The lowest BCUT2D eigenvalue weighted by molar-refractivity contribution is -0.0123. The van der Waals surface area contributed by atoms with E-state index in [9.17, 15) is 4.79 Å². The summed E-state index contributed by atoms with van der Waals surface area (Å²) >= 11 is 0. The first-order chi connectivity index (χ1) is 9.61. The molecule has 6 heteroatoms. The van der Waals surface area contributed by atoms with Gasteiger partial charge in [-0.15, -0.1) is 0 Å². The van der Waals surface area contributed by atoms with Crippen LogP contribution in [0.25, 0.3) is 0 Å². The Morgan fingerprint density at radius 3 is 2.65 bits per heavy atom. The van der Waals surface area contributed by atoms with Crippen molar-refractivity contribution in [1.29, 1.82) is 0 Å². The number of methoxy groups -OCH3 is 1. The number of piperidine rings is 1. The van der Waals surface area contributed by atoms with Gasteiger partial charge in [-0.1, -0.05) is 0 Å². The van der Waals surface area contributed by atoms with E-state index in [4.69, 9.17) is 9.47 Å². The van der Waals surface area contributed by atoms with Crippen molar-refractivity contribution in [3.8, 4) is 0 Å². The first-order valence-corrected chi connectivity index (χ1v) is 7.02. The number of aryl methyl sites for hydroxylation is 2. The summed E-state index contributed by atoms with van der Waals surface area (Å²) in [5, 5.41) is 4.24. The number of ether oxygens (including phenoxy) is 2. The fourth-order valence-electron chi connectivity index (χ4n) is 2.35. The zero-order chi connectivity index (χ0) is 14.5. The van der Waals surface area contributed by atoms with Gasteiger partial charge in [-0.2, -0.15) is 5.10 Å². The Morgan fingerprint density at radius 2 is 2.10 bits per heavy atom. The van der Waals surface area contributed by atoms with E-state index in [1.54, 1.807) is 11.8 Å². The maximum Gasteiger partial charge on any atom is 0.274 e. The van der Waals surface area contributed by atoms with Gasteiger partial charge in [-0.05, 0) is 25.8 Å². The molecule has 1 aliphatic heterocycles. The van der Waals surface area contributed by atoms with Crippen molar-refractivity contribution in [2.45, 2.75) is 25.9 Å². The second kappa shape index (κ2) is 6.85. The van der Waals surface area contributed by atoms with Gasteiger partial charge in [0.25, 0.3) is 5.91 Å². The molecular weight excluding hydrogens is 258 g/mol. The molecule has 1 aliphatic rings. The second-order valence-corrected chi connectivity index (χ2v) is 5.15. The summed E-state index contributed by atoms with van der Waals surface area (Å²) in [5.41, 5.74) is 1.52. The lowest BCUT2D eigenvalue weighted by atomic mass is 10.1. The molecule has 1 fully saturated rings. The molecule has 1 amide bonds. The number of hydrogen-bond acceptors (Lipinski definition) is 4. The van der Waals surface area contributed by atoms with Crippen LogP contribution < -0.4 is 0 Å². The molecule has 0 aromatic carbocycles. The first-order valence-electron chi connectivity index (χ1n) is 7.02. The summed E-state index contributed by atoms with van der Waals surface area (Å²) < 4.78 is 12.4. The molecule has 2 heterocycles. The summed E-state index contributed by atoms with van der Waals surface area (Å²) in [5.74, 6) is 0.0176. The predicted octanol–water partition coefficient (Wildman–Crippen LogP) is 0.996. The monoisotopic (exact) mass is 281 g/mol. The van der Waals surface area contributed by atoms with Gasteiger partial charge in [-0.25, -0.2) is 0 Å². The molecule has 0 radical (unpaired) electrons. The molecule has 0 unspecified atom stereocenters. The van der Waals surface area contributed by atoms with Crippen LogP contribution in [0.1, 0.15) is 29.0 Å². The highest BCUT2D eigenvalue weighted by molar-refractivity contribution is 5.92. The van der Waals surface area contributed by atoms with E-state index in [1.165, 1.54) is 0 Å². The summed E-state index contributed by atoms with van der Waals surface area (Å²) in [6.07, 6.45) is 1.99. The second-order valence-electron chi connectivity index (χ2n) is 5.15. The van der Waals surface area contributed by atoms with Gasteiger partial charge in [0.05, 0.1) is 19.3 Å². The van der Waals surface area contributed by atoms with Crippen LogP contribution >= 0.6 is 0 Å². The minimum atomic E-state index is 0.0176. The summed E-state index contributed by atoms with van der Waals surface area (Å²) in [6, 6.07) is 1.84. The molecular formula is C14H23N3O3. The number of carbonyl (C=O) groups excluding carboxylic acids is 1. The molecule has 1 aromatic rings. The summed E-state index contributed by atoms with van der Waals surface area (Å²) in [7, 11) is 3.52. The summed E-state index contributed by atoms with van der Waals surface area (Å²) in [6.45, 7) is 4.64. The van der Waals surface area contributed by atoms with Gasteiger partial charge in [-0.3, -0.25) is 9.48 Å². The van der Waals surface area contributed by atoms with Crippen molar-refractivity contribution in [1.82, 2.24) is 14.7 Å². The van der Waals surface area contributed by atoms with E-state index in [1.807, 2.05) is 24.9 Å². The maximum atomic E-state index is 12.3. The number of rotatable bonds is 5. The lowest BCUT2D eigenvalue weighted by Gasteiger charge is -2.31. The Kier molecular flexibility index (Phi) is 5.14. The molecule has 6 nitrogen and oxygen atoms in total. The Balaban J connectivity index is 1.82. The number of nitrogens with zero attached hydrogens (tertiary/aromatic N) is 3. The van der Waals surface area contributed by atoms with Crippen molar-refractivity contribution in [2.75, 3.05) is 33.4 Å². The van der Waals surface area contributed by atoms with Crippen molar-refractivity contribution in [2.24, 2.45) is 7.05 Å². The Hall–Kier alpha value is -1.40. The van der Waals surface area contributed by atoms with Crippen molar-refractivity contribution < 1.29 is 14.3 Å². The van der Waals surface area contributed by atoms with Crippen LogP contribution in [0.15, 0.2) is 6.07 Å². The molecule has 0 spiro atoms. The van der Waals surface area contributed by atoms with Gasteiger partial charge in [0.15, 0.2) is 5.69 Å². The van der Waals surface area contributed by atoms with E-state index < -0.39 is 0 Å². The minimum Gasteiger partial charge on any atom is -0.382 e. The maximum absolute atomic E-state index is 12.3. The van der Waals surface area contributed by atoms with Crippen LogP contribution in [-0.2, 0) is 16.5 Å². The van der Waals surface area contributed by atoms with Crippen LogP contribution in [0.2, 0.25) is 0 Å². The largest absolute Gasteiger partial charge is 0.382 e. The third-order valence-corrected chi connectivity index (χ3v) is 3.70. The molecule has 0 bridgehead atoms. The minimum absolute atomic E-state index is 0.0176. The fourth-order valence-corrected chi connectivity index (χ4v) is 2.35. The van der Waals surface area contributed by atoms with Crippen LogP contribution in [0.3, 0.4) is 0 Å². The van der Waals surface area contributed by atoms with Gasteiger partial charge < -0.3 is 14.4 Å². The van der Waals surface area contributed by atoms with Crippen LogP contribution in [0.4, 0.5) is 0 Å². The van der Waals surface area contributed by atoms with Crippen molar-refractivity contribution in [3.63, 3.8) is 0 Å². The normalized spacial score (nSPS) is 16.6. The van der Waals surface area contributed by atoms with E-state index in [-0.39, 0.29) is 12.0 Å². The van der Waals surface area contributed by atoms with Crippen LogP contribution in [0.5, 0.6) is 0 Å². The molecule has 0 atom stereocenters. The van der Waals surface area contributed by atoms with E-state index in [2.05, 4.69) is 5.10 Å². The highest BCUT2D eigenvalue weighted by Gasteiger charge is 2.25. The van der Waals surface area contributed by atoms with Gasteiger partial charge in [0, 0.05) is 32.9 Å². The zero-order valence-electron chi connectivity index (χ0n) is 12.5. The Bertz CT molecular complexity index is 431. The van der Waals surface area contributed by atoms with Crippen LogP contribution in [0, 0.1) is 6.92 Å². The molecule has 0 aliphatic carbocycles. The van der Waals surface area contributed by atoms with E-state index >= 15 is 0 Å². The van der Waals surface area contributed by atoms with Gasteiger partial charge in [0.2, 0.25) is 0 Å². The third kappa shape index (κ3) is 3.58. The van der Waals surface area contributed by atoms with Crippen molar-refractivity contribution >= 4 is 5.91 Å². The lowest BCUT2D eigenvalue weighted by Crippen LogP contribution is -2.41. The van der Waals surface area contributed by atoms with E-state index in [0.29, 0.717) is 18.9 Å². The molecule has 1 saturated heterocycles. The first kappa shape index (κ1) is 15.0. The quantitative estimate of drug-likeness (QED) is 0.755. The standard InChI is InChI=1S/C14H23N3O3/c1-11-10-13(15-16(11)2)14(18)17-6-4-12(5-7-17)20-9-8-19-3/h10,12H,4-9H2,1-3H3. The summed E-state index contributed by atoms with van der Waals surface area (Å²) in [4.78, 5) is 14.2. The number of hydrogen-bond donors (Lipinski definition) is 0. The Labute approximate surface area is 119 Å². The Morgan fingerprint density at radius 1 is 1.40 bits per heavy atom. The highest BCUT2D eigenvalue weighted by Crippen LogP contribution is 2.16. The average Bonchev–Trinajstić information content (AvgIpc) is 2.79. The van der Waals surface area contributed by atoms with Gasteiger partial charge >= 0.3 is 0 Å². The molecule has 20 heavy (non-hydrogen) atoms. The number of carbonyl (C=O) groups is 1. The predicted molar refractivity (Wildman–Crippen MR) is 74.7 cm³/mol. The van der Waals surface area contributed by atoms with Gasteiger partial charge in [0.1, 0.15) is 0 Å². The molecule has 112 valence electrons. The fraction of sp³-hybridized carbons (Fsp3) is 0.714. The van der Waals surface area contributed by atoms with Crippen LogP contribution in [-0.4, -0.2) is 60.1 Å². The number of aromatic nitrogens is 2. The molecule has 0 N–H and O–H groups in total. The number of likely N-dealkylation sites (tertiary alicyclic amines) is 1. The highest BCUT2D eigenvalue weighted by atomic mass is 16.5.